The van der Waals surface area contributed by atoms with Gasteiger partial charge in [0.05, 0.1) is 6.42 Å². The van der Waals surface area contributed by atoms with E-state index in [1.807, 2.05) is 0 Å². The molecule has 0 aromatic heterocycles. The zero-order chi connectivity index (χ0) is 15.3. The van der Waals surface area contributed by atoms with E-state index in [-0.39, 0.29) is 0 Å². The monoisotopic (exact) mass is 284 g/mol. The van der Waals surface area contributed by atoms with Crippen LogP contribution in [0.5, 0.6) is 0 Å². The third-order valence-electron chi connectivity index (χ3n) is 2.49. The Hall–Kier alpha value is -2.64. The Morgan fingerprint density at radius 3 is 2.25 bits per heavy atom. The van der Waals surface area contributed by atoms with Crippen molar-refractivity contribution < 1.29 is 29.0 Å². The lowest BCUT2D eigenvalue weighted by atomic mass is 10.2. The summed E-state index contributed by atoms with van der Waals surface area (Å²) in [5.41, 5.74) is 0.336. The maximum Gasteiger partial charge on any atom is 0.326 e. The van der Waals surface area contributed by atoms with Gasteiger partial charge in [-0.3, -0.25) is 9.69 Å². The molecule has 0 aliphatic heterocycles. The first-order chi connectivity index (χ1) is 9.31. The van der Waals surface area contributed by atoms with Crippen molar-refractivity contribution in [3.05, 3.63) is 30.1 Å². The van der Waals surface area contributed by atoms with Crippen LogP contribution in [0.2, 0.25) is 0 Å². The van der Waals surface area contributed by atoms with Crippen LogP contribution in [-0.4, -0.2) is 41.3 Å². The highest BCUT2D eigenvalue weighted by atomic mass is 19.1. The second kappa shape index (κ2) is 6.50. The third-order valence-corrected chi connectivity index (χ3v) is 2.49. The first kappa shape index (κ1) is 15.4. The Bertz CT molecular complexity index is 517. The quantitative estimate of drug-likeness (QED) is 0.744. The standard InChI is InChI=1S/C12H13FN2O5/c1-15(8-4-2-7(13)3-5-8)12(20)14-9(11(18)19)6-10(16)17/h2-5,9H,6H2,1H3,(H,14,20)(H,16,17)(H,18,19)/t9-/m1/s1. The number of carbonyl (C=O) groups is 3. The molecule has 1 atom stereocenters. The Labute approximate surface area is 113 Å². The number of nitrogens with one attached hydrogen (secondary N) is 1. The number of anilines is 1. The SMILES string of the molecule is CN(C(=O)N[C@H](CC(=O)O)C(=O)O)c1ccc(F)cc1. The minimum atomic E-state index is -1.54. The fourth-order valence-electron chi connectivity index (χ4n) is 1.40. The number of urea groups is 1. The van der Waals surface area contributed by atoms with Gasteiger partial charge in [-0.25, -0.2) is 14.0 Å². The van der Waals surface area contributed by atoms with Crippen LogP contribution in [0.4, 0.5) is 14.9 Å². The van der Waals surface area contributed by atoms with Crippen molar-refractivity contribution in [3.63, 3.8) is 0 Å². The van der Waals surface area contributed by atoms with Gasteiger partial charge in [0.15, 0.2) is 0 Å². The molecule has 0 radical (unpaired) electrons. The number of aliphatic carboxylic acids is 2. The van der Waals surface area contributed by atoms with Gasteiger partial charge in [-0.2, -0.15) is 0 Å². The van der Waals surface area contributed by atoms with Gasteiger partial charge in [0.1, 0.15) is 11.9 Å². The molecule has 0 saturated carbocycles. The Morgan fingerprint density at radius 1 is 1.25 bits per heavy atom. The lowest BCUT2D eigenvalue weighted by Crippen LogP contribution is -2.47. The van der Waals surface area contributed by atoms with Gasteiger partial charge in [0.2, 0.25) is 0 Å². The first-order valence-corrected chi connectivity index (χ1v) is 5.55. The van der Waals surface area contributed by atoms with Gasteiger partial charge in [-0.05, 0) is 24.3 Å². The highest BCUT2D eigenvalue weighted by Gasteiger charge is 2.24. The van der Waals surface area contributed by atoms with Crippen LogP contribution in [-0.2, 0) is 9.59 Å². The number of carboxylic acids is 2. The second-order valence-electron chi connectivity index (χ2n) is 3.97. The zero-order valence-corrected chi connectivity index (χ0v) is 10.5. The van der Waals surface area contributed by atoms with Crippen LogP contribution in [0.15, 0.2) is 24.3 Å². The minimum Gasteiger partial charge on any atom is -0.481 e. The molecule has 2 amide bonds. The lowest BCUT2D eigenvalue weighted by Gasteiger charge is -2.20. The van der Waals surface area contributed by atoms with Gasteiger partial charge < -0.3 is 15.5 Å². The molecule has 0 aliphatic carbocycles. The van der Waals surface area contributed by atoms with E-state index in [0.29, 0.717) is 5.69 Å². The van der Waals surface area contributed by atoms with E-state index in [0.717, 1.165) is 17.0 Å². The molecule has 1 aromatic rings. The maximum absolute atomic E-state index is 12.7. The largest absolute Gasteiger partial charge is 0.481 e. The number of carbonyl (C=O) groups excluding carboxylic acids is 1. The number of hydrogen-bond acceptors (Lipinski definition) is 3. The summed E-state index contributed by atoms with van der Waals surface area (Å²) in [4.78, 5) is 34.2. The Balaban J connectivity index is 2.75. The molecule has 1 aromatic carbocycles. The molecular weight excluding hydrogens is 271 g/mol. The van der Waals surface area contributed by atoms with Crippen LogP contribution in [0, 0.1) is 5.82 Å². The molecule has 0 unspecified atom stereocenters. The lowest BCUT2D eigenvalue weighted by molar-refractivity contribution is -0.145. The molecule has 3 N–H and O–H groups in total. The van der Waals surface area contributed by atoms with Gasteiger partial charge in [-0.1, -0.05) is 0 Å². The number of hydrogen-bond donors (Lipinski definition) is 3. The summed E-state index contributed by atoms with van der Waals surface area (Å²) >= 11 is 0. The molecule has 108 valence electrons. The molecule has 8 heteroatoms. The van der Waals surface area contributed by atoms with E-state index in [9.17, 15) is 18.8 Å². The van der Waals surface area contributed by atoms with Gasteiger partial charge in [0.25, 0.3) is 0 Å². The van der Waals surface area contributed by atoms with Gasteiger partial charge >= 0.3 is 18.0 Å². The van der Waals surface area contributed by atoms with Crippen molar-refractivity contribution in [1.82, 2.24) is 5.32 Å². The van der Waals surface area contributed by atoms with Crippen molar-refractivity contribution in [2.45, 2.75) is 12.5 Å². The molecule has 20 heavy (non-hydrogen) atoms. The molecular formula is C12H13FN2O5. The number of rotatable bonds is 5. The van der Waals surface area contributed by atoms with Crippen LogP contribution < -0.4 is 10.2 Å². The summed E-state index contributed by atoms with van der Waals surface area (Å²) in [7, 11) is 1.35. The van der Waals surface area contributed by atoms with Crippen LogP contribution in [0.25, 0.3) is 0 Å². The molecule has 1 rings (SSSR count). The van der Waals surface area contributed by atoms with Crippen molar-refractivity contribution >= 4 is 23.7 Å². The molecule has 7 nitrogen and oxygen atoms in total. The molecule has 0 spiro atoms. The van der Waals surface area contributed by atoms with E-state index in [4.69, 9.17) is 10.2 Å². The summed E-state index contributed by atoms with van der Waals surface area (Å²) in [6, 6.07) is 2.62. The number of halogens is 1. The predicted molar refractivity (Wildman–Crippen MR) is 67.0 cm³/mol. The highest BCUT2D eigenvalue weighted by molar-refractivity contribution is 5.94. The van der Waals surface area contributed by atoms with Crippen LogP contribution in [0.1, 0.15) is 6.42 Å². The summed E-state index contributed by atoms with van der Waals surface area (Å²) < 4.78 is 12.7. The first-order valence-electron chi connectivity index (χ1n) is 5.55. The Morgan fingerprint density at radius 2 is 1.80 bits per heavy atom. The summed E-state index contributed by atoms with van der Waals surface area (Å²) in [6.45, 7) is 0. The normalized spacial score (nSPS) is 11.5. The van der Waals surface area contributed by atoms with Crippen molar-refractivity contribution in [3.8, 4) is 0 Å². The average Bonchev–Trinajstić information content (AvgIpc) is 2.37. The third kappa shape index (κ3) is 4.23. The summed E-state index contributed by atoms with van der Waals surface area (Å²) in [6.07, 6.45) is -0.738. The zero-order valence-electron chi connectivity index (χ0n) is 10.5. The highest BCUT2D eigenvalue weighted by Crippen LogP contribution is 2.13. The van der Waals surface area contributed by atoms with E-state index in [2.05, 4.69) is 5.32 Å². The molecule has 0 bridgehead atoms. The minimum absolute atomic E-state index is 0.336. The van der Waals surface area contributed by atoms with E-state index in [1.54, 1.807) is 0 Å². The maximum atomic E-state index is 12.7. The molecule has 0 heterocycles. The van der Waals surface area contributed by atoms with Crippen molar-refractivity contribution in [1.29, 1.82) is 0 Å². The second-order valence-corrected chi connectivity index (χ2v) is 3.97. The van der Waals surface area contributed by atoms with E-state index in [1.165, 1.54) is 19.2 Å². The van der Waals surface area contributed by atoms with Crippen LogP contribution in [0.3, 0.4) is 0 Å². The van der Waals surface area contributed by atoms with Gasteiger partial charge in [0, 0.05) is 12.7 Å². The predicted octanol–water partition coefficient (Wildman–Crippen LogP) is 0.899. The molecule has 0 aliphatic rings. The fourth-order valence-corrected chi connectivity index (χ4v) is 1.40. The number of amides is 2. The smallest absolute Gasteiger partial charge is 0.326 e. The van der Waals surface area contributed by atoms with Crippen molar-refractivity contribution in [2.75, 3.05) is 11.9 Å². The average molecular weight is 284 g/mol. The Kier molecular flexibility index (Phi) is 5.01. The van der Waals surface area contributed by atoms with E-state index >= 15 is 0 Å². The number of carboxylic acid groups (broad SMARTS) is 2. The summed E-state index contributed by atoms with van der Waals surface area (Å²) in [5.74, 6) is -3.27. The van der Waals surface area contributed by atoms with Gasteiger partial charge in [-0.15, -0.1) is 0 Å². The molecule has 0 saturated heterocycles. The van der Waals surface area contributed by atoms with Crippen molar-refractivity contribution in [2.24, 2.45) is 0 Å². The van der Waals surface area contributed by atoms with E-state index < -0.39 is 36.2 Å². The number of benzene rings is 1. The number of nitrogens with zero attached hydrogens (tertiary/aromatic N) is 1. The summed E-state index contributed by atoms with van der Waals surface area (Å²) in [5, 5.41) is 19.4. The fraction of sp³-hybridized carbons (Fsp3) is 0.250. The molecule has 0 fully saturated rings. The topological polar surface area (TPSA) is 107 Å². The van der Waals surface area contributed by atoms with Crippen LogP contribution >= 0.6 is 0 Å².